The topological polar surface area (TPSA) is 61.4 Å². The van der Waals surface area contributed by atoms with Gasteiger partial charge in [-0.05, 0) is 19.9 Å². The van der Waals surface area contributed by atoms with Crippen LogP contribution in [0.2, 0.25) is 0 Å². The average molecular weight is 240 g/mol. The molecule has 1 amide bonds. The number of carbonyl (C=O) groups excluding carboxylic acids is 1. The molecule has 0 spiro atoms. The summed E-state index contributed by atoms with van der Waals surface area (Å²) < 4.78 is 13.5. The number of phenols is 1. The van der Waals surface area contributed by atoms with Gasteiger partial charge in [-0.25, -0.2) is 4.39 Å². The quantitative estimate of drug-likeness (QED) is 0.743. The lowest BCUT2D eigenvalue weighted by molar-refractivity contribution is -0.122. The second-order valence-corrected chi connectivity index (χ2v) is 3.93. The monoisotopic (exact) mass is 240 g/mol. The number of carbonyl (C=O) groups is 1. The van der Waals surface area contributed by atoms with Crippen LogP contribution in [0.15, 0.2) is 18.2 Å². The number of likely N-dealkylation sites (N-methyl/N-ethyl adjacent to an activating group) is 1. The third-order valence-electron chi connectivity index (χ3n) is 2.59. The minimum atomic E-state index is -0.492. The summed E-state index contributed by atoms with van der Waals surface area (Å²) in [6, 6.07) is 3.24. The first kappa shape index (κ1) is 13.4. The first-order chi connectivity index (χ1) is 7.95. The zero-order valence-electron chi connectivity index (χ0n) is 10.1. The van der Waals surface area contributed by atoms with Crippen LogP contribution in [-0.2, 0) is 4.79 Å². The Morgan fingerprint density at radius 2 is 2.06 bits per heavy atom. The van der Waals surface area contributed by atoms with Crippen LogP contribution in [0.5, 0.6) is 5.75 Å². The molecule has 0 radical (unpaired) electrons. The maximum atomic E-state index is 13.5. The highest BCUT2D eigenvalue weighted by Crippen LogP contribution is 2.21. The number of rotatable bonds is 4. The maximum absolute atomic E-state index is 13.5. The van der Waals surface area contributed by atoms with Crippen molar-refractivity contribution < 1.29 is 14.3 Å². The minimum absolute atomic E-state index is 0.113. The van der Waals surface area contributed by atoms with Gasteiger partial charge in [-0.3, -0.25) is 10.1 Å². The molecule has 1 rings (SSSR count). The van der Waals surface area contributed by atoms with Gasteiger partial charge in [-0.15, -0.1) is 0 Å². The molecule has 2 atom stereocenters. The summed E-state index contributed by atoms with van der Waals surface area (Å²) in [4.78, 5) is 11.3. The van der Waals surface area contributed by atoms with E-state index in [1.165, 1.54) is 12.1 Å². The van der Waals surface area contributed by atoms with Crippen LogP contribution < -0.4 is 10.6 Å². The van der Waals surface area contributed by atoms with Crippen LogP contribution in [0.3, 0.4) is 0 Å². The van der Waals surface area contributed by atoms with Gasteiger partial charge in [0.2, 0.25) is 5.91 Å². The summed E-state index contributed by atoms with van der Waals surface area (Å²) in [5.74, 6) is -0.761. The average Bonchev–Trinajstić information content (AvgIpc) is 2.27. The van der Waals surface area contributed by atoms with E-state index in [2.05, 4.69) is 10.6 Å². The lowest BCUT2D eigenvalue weighted by atomic mass is 10.1. The molecule has 0 aliphatic rings. The van der Waals surface area contributed by atoms with Crippen molar-refractivity contribution in [1.29, 1.82) is 0 Å². The molecule has 0 saturated heterocycles. The van der Waals surface area contributed by atoms with Gasteiger partial charge in [0.1, 0.15) is 11.6 Å². The van der Waals surface area contributed by atoms with E-state index in [0.29, 0.717) is 5.56 Å². The van der Waals surface area contributed by atoms with E-state index in [9.17, 15) is 9.18 Å². The lowest BCUT2D eigenvalue weighted by Crippen LogP contribution is -2.41. The van der Waals surface area contributed by atoms with Crippen LogP contribution in [0.4, 0.5) is 4.39 Å². The predicted octanol–water partition coefficient (Wildman–Crippen LogP) is 1.32. The number of benzene rings is 1. The molecule has 2 unspecified atom stereocenters. The molecule has 0 aliphatic heterocycles. The molecular weight excluding hydrogens is 223 g/mol. The van der Waals surface area contributed by atoms with Crippen molar-refractivity contribution in [3.8, 4) is 5.75 Å². The Kier molecular flexibility index (Phi) is 4.45. The van der Waals surface area contributed by atoms with Gasteiger partial charge in [0.05, 0.1) is 6.04 Å². The molecule has 3 N–H and O–H groups in total. The highest BCUT2D eigenvalue weighted by Gasteiger charge is 2.17. The third kappa shape index (κ3) is 3.42. The van der Waals surface area contributed by atoms with E-state index >= 15 is 0 Å². The van der Waals surface area contributed by atoms with E-state index in [4.69, 9.17) is 5.11 Å². The Morgan fingerprint density at radius 3 is 2.59 bits per heavy atom. The Bertz CT molecular complexity index is 409. The van der Waals surface area contributed by atoms with Gasteiger partial charge in [0.25, 0.3) is 0 Å². The Morgan fingerprint density at radius 1 is 1.41 bits per heavy atom. The number of hydrogen-bond acceptors (Lipinski definition) is 3. The summed E-state index contributed by atoms with van der Waals surface area (Å²) >= 11 is 0. The van der Waals surface area contributed by atoms with Gasteiger partial charge in [0.15, 0.2) is 0 Å². The van der Waals surface area contributed by atoms with Gasteiger partial charge >= 0.3 is 0 Å². The second-order valence-electron chi connectivity index (χ2n) is 3.93. The number of nitrogens with one attached hydrogen (secondary N) is 2. The van der Waals surface area contributed by atoms with Crippen LogP contribution >= 0.6 is 0 Å². The van der Waals surface area contributed by atoms with E-state index in [0.717, 1.165) is 6.07 Å². The molecule has 1 aromatic carbocycles. The number of halogens is 1. The molecule has 0 heterocycles. The van der Waals surface area contributed by atoms with Crippen molar-refractivity contribution in [2.45, 2.75) is 25.9 Å². The molecule has 0 aliphatic carbocycles. The van der Waals surface area contributed by atoms with E-state index in [-0.39, 0.29) is 17.7 Å². The van der Waals surface area contributed by atoms with Gasteiger partial charge < -0.3 is 10.4 Å². The maximum Gasteiger partial charge on any atom is 0.236 e. The summed E-state index contributed by atoms with van der Waals surface area (Å²) in [6.45, 7) is 3.46. The van der Waals surface area contributed by atoms with Crippen LogP contribution in [0.1, 0.15) is 25.5 Å². The smallest absolute Gasteiger partial charge is 0.236 e. The number of hydrogen-bond donors (Lipinski definition) is 3. The van der Waals surface area contributed by atoms with Crippen molar-refractivity contribution in [2.75, 3.05) is 7.05 Å². The number of amides is 1. The second kappa shape index (κ2) is 5.63. The van der Waals surface area contributed by atoms with Gasteiger partial charge in [0, 0.05) is 24.7 Å². The summed E-state index contributed by atoms with van der Waals surface area (Å²) in [5.41, 5.74) is 0.415. The minimum Gasteiger partial charge on any atom is -0.508 e. The van der Waals surface area contributed by atoms with E-state index in [1.54, 1.807) is 20.9 Å². The largest absolute Gasteiger partial charge is 0.508 e. The Labute approximate surface area is 99.8 Å². The molecule has 0 saturated carbocycles. The number of phenolic OH excluding ortho intramolecular Hbond substituents is 1. The zero-order chi connectivity index (χ0) is 13.0. The first-order valence-corrected chi connectivity index (χ1v) is 5.41. The van der Waals surface area contributed by atoms with Gasteiger partial charge in [-0.2, -0.15) is 0 Å². The summed E-state index contributed by atoms with van der Waals surface area (Å²) in [5, 5.41) is 14.6. The molecule has 0 bridgehead atoms. The molecule has 0 aromatic heterocycles. The zero-order valence-corrected chi connectivity index (χ0v) is 10.1. The summed E-state index contributed by atoms with van der Waals surface area (Å²) in [6.07, 6.45) is 0. The van der Waals surface area contributed by atoms with E-state index < -0.39 is 11.9 Å². The normalized spacial score (nSPS) is 14.1. The SMILES string of the molecule is CNC(=O)C(C)NC(C)c1ccc(O)cc1F. The standard InChI is InChI=1S/C12H17FN2O2/c1-7(15-8(2)12(17)14-3)10-5-4-9(16)6-11(10)13/h4-8,15-16H,1-3H3,(H,14,17). The number of aromatic hydroxyl groups is 1. The van der Waals surface area contributed by atoms with Crippen molar-refractivity contribution in [3.05, 3.63) is 29.6 Å². The van der Waals surface area contributed by atoms with Crippen molar-refractivity contribution >= 4 is 5.91 Å². The molecular formula is C12H17FN2O2. The predicted molar refractivity (Wildman–Crippen MR) is 63.1 cm³/mol. The first-order valence-electron chi connectivity index (χ1n) is 5.41. The molecule has 94 valence electrons. The highest BCUT2D eigenvalue weighted by atomic mass is 19.1. The van der Waals surface area contributed by atoms with Gasteiger partial charge in [-0.1, -0.05) is 6.07 Å². The van der Waals surface area contributed by atoms with Crippen molar-refractivity contribution in [1.82, 2.24) is 10.6 Å². The third-order valence-corrected chi connectivity index (χ3v) is 2.59. The Balaban J connectivity index is 2.76. The molecule has 5 heteroatoms. The molecule has 4 nitrogen and oxygen atoms in total. The summed E-state index contributed by atoms with van der Waals surface area (Å²) in [7, 11) is 1.55. The fourth-order valence-corrected chi connectivity index (χ4v) is 1.62. The van der Waals surface area contributed by atoms with Crippen molar-refractivity contribution in [2.24, 2.45) is 0 Å². The fraction of sp³-hybridized carbons (Fsp3) is 0.417. The fourth-order valence-electron chi connectivity index (χ4n) is 1.62. The lowest BCUT2D eigenvalue weighted by Gasteiger charge is -2.19. The van der Waals surface area contributed by atoms with Crippen LogP contribution in [-0.4, -0.2) is 24.1 Å². The molecule has 1 aromatic rings. The van der Waals surface area contributed by atoms with Crippen molar-refractivity contribution in [3.63, 3.8) is 0 Å². The molecule has 0 fully saturated rings. The highest BCUT2D eigenvalue weighted by molar-refractivity contribution is 5.80. The van der Waals surface area contributed by atoms with Crippen LogP contribution in [0, 0.1) is 5.82 Å². The Hall–Kier alpha value is -1.62. The van der Waals surface area contributed by atoms with Crippen LogP contribution in [0.25, 0.3) is 0 Å². The molecule has 17 heavy (non-hydrogen) atoms. The van der Waals surface area contributed by atoms with E-state index in [1.807, 2.05) is 0 Å².